The van der Waals surface area contributed by atoms with E-state index < -0.39 is 23.4 Å². The summed E-state index contributed by atoms with van der Waals surface area (Å²) in [4.78, 5) is 72.4. The van der Waals surface area contributed by atoms with E-state index in [9.17, 15) is 19.2 Å². The zero-order valence-corrected chi connectivity index (χ0v) is 37.6. The lowest BCUT2D eigenvalue weighted by Gasteiger charge is -2.23. The van der Waals surface area contributed by atoms with Crippen LogP contribution in [0.5, 0.6) is 0 Å². The Morgan fingerprint density at radius 2 is 0.953 bits per heavy atom. The predicted octanol–water partition coefficient (Wildman–Crippen LogP) is 9.46. The van der Waals surface area contributed by atoms with Crippen LogP contribution in [0.25, 0.3) is 33.6 Å². The van der Waals surface area contributed by atoms with E-state index in [0.717, 1.165) is 71.0 Å². The highest BCUT2D eigenvalue weighted by molar-refractivity contribution is 5.97. The molecule has 2 aliphatic rings. The maximum atomic E-state index is 13.8. The molecule has 0 saturated carbocycles. The van der Waals surface area contributed by atoms with E-state index in [0.29, 0.717) is 35.9 Å². The molecule has 4 amide bonds. The fourth-order valence-corrected chi connectivity index (χ4v) is 8.41. The Morgan fingerprint density at radius 3 is 1.31 bits per heavy atom. The van der Waals surface area contributed by atoms with Crippen molar-refractivity contribution in [2.75, 3.05) is 23.7 Å². The average Bonchev–Trinajstić information content (AvgIpc) is 4.09. The van der Waals surface area contributed by atoms with Gasteiger partial charge in [0.15, 0.2) is 0 Å². The maximum Gasteiger partial charge on any atom is 0.412 e. The topological polar surface area (TPSA) is 184 Å². The molecule has 0 spiro atoms. The number of benzene rings is 2. The summed E-state index contributed by atoms with van der Waals surface area (Å²) in [5.41, 5.74) is 6.41. The summed E-state index contributed by atoms with van der Waals surface area (Å²) in [5.74, 6) is 1.20. The van der Waals surface area contributed by atoms with Gasteiger partial charge in [-0.05, 0) is 102 Å². The van der Waals surface area contributed by atoms with Crippen LogP contribution >= 0.6 is 0 Å². The molecule has 0 radical (unpaired) electrons. The van der Waals surface area contributed by atoms with Crippen molar-refractivity contribution < 1.29 is 28.7 Å². The molecule has 2 atom stereocenters. The van der Waals surface area contributed by atoms with Gasteiger partial charge in [0.05, 0.1) is 47.2 Å². The van der Waals surface area contributed by atoms with Crippen molar-refractivity contribution in [2.24, 2.45) is 14.1 Å². The van der Waals surface area contributed by atoms with E-state index >= 15 is 0 Å². The first kappa shape index (κ1) is 43.5. The van der Waals surface area contributed by atoms with Crippen molar-refractivity contribution in [1.82, 2.24) is 38.9 Å². The normalized spacial score (nSPS) is 16.6. The number of nitrogens with zero attached hydrogens (tertiary/aromatic N) is 6. The Labute approximate surface area is 372 Å². The van der Waals surface area contributed by atoms with Crippen LogP contribution in [0.4, 0.5) is 21.0 Å². The van der Waals surface area contributed by atoms with Gasteiger partial charge in [-0.2, -0.15) is 0 Å². The second kappa shape index (κ2) is 17.2. The largest absolute Gasteiger partial charge is 0.444 e. The molecule has 16 heteroatoms. The number of anilines is 2. The number of hydrogen-bond acceptors (Lipinski definition) is 8. The number of aryl methyl sites for hydroxylation is 2. The molecule has 6 heterocycles. The van der Waals surface area contributed by atoms with Crippen molar-refractivity contribution >= 4 is 35.4 Å². The fourth-order valence-electron chi connectivity index (χ4n) is 8.41. The highest BCUT2D eigenvalue weighted by atomic mass is 16.6. The summed E-state index contributed by atoms with van der Waals surface area (Å²) >= 11 is 0. The number of likely N-dealkylation sites (tertiary alicyclic amines) is 2. The lowest BCUT2D eigenvalue weighted by Crippen LogP contribution is -2.32. The molecule has 4 N–H and O–H groups in total. The summed E-state index contributed by atoms with van der Waals surface area (Å²) in [5, 5.41) is 5.45. The highest BCUT2D eigenvalue weighted by Crippen LogP contribution is 2.36. The number of amides is 4. The lowest BCUT2D eigenvalue weighted by atomic mass is 10.0. The van der Waals surface area contributed by atoms with Gasteiger partial charge < -0.3 is 38.4 Å². The number of carbonyl (C=O) groups is 4. The summed E-state index contributed by atoms with van der Waals surface area (Å²) in [7, 11) is 3.57. The minimum Gasteiger partial charge on any atom is -0.444 e. The van der Waals surface area contributed by atoms with E-state index in [1.54, 1.807) is 89.3 Å². The SMILES string of the molecule is Cn1cc(NC(=O)OC(C)(C)C)cc1C(=O)N1CCCC1c1ncc(-c2ccc(-c3ccc(-c4cnc(C5CCCN5C(=O)c5cc(NC(=O)OC(C)(C)C)cn5C)[nH]4)cc3)cc2)[nH]1. The quantitative estimate of drug-likeness (QED) is 0.111. The molecule has 2 fully saturated rings. The number of nitrogens with one attached hydrogen (secondary N) is 4. The molecule has 64 heavy (non-hydrogen) atoms. The van der Waals surface area contributed by atoms with Crippen molar-refractivity contribution in [1.29, 1.82) is 0 Å². The van der Waals surface area contributed by atoms with Gasteiger partial charge in [0.2, 0.25) is 0 Å². The molecule has 334 valence electrons. The van der Waals surface area contributed by atoms with Crippen LogP contribution in [0.15, 0.2) is 85.5 Å². The van der Waals surface area contributed by atoms with Gasteiger partial charge in [-0.1, -0.05) is 48.5 Å². The van der Waals surface area contributed by atoms with Crippen molar-refractivity contribution in [3.05, 3.63) is 108 Å². The van der Waals surface area contributed by atoms with Crippen molar-refractivity contribution in [3.63, 3.8) is 0 Å². The van der Waals surface area contributed by atoms with Crippen molar-refractivity contribution in [3.8, 4) is 33.6 Å². The first-order chi connectivity index (χ1) is 30.4. The third-order valence-electron chi connectivity index (χ3n) is 11.3. The van der Waals surface area contributed by atoms with Gasteiger partial charge in [0.25, 0.3) is 11.8 Å². The third kappa shape index (κ3) is 9.60. The van der Waals surface area contributed by atoms with E-state index in [1.165, 1.54) is 0 Å². The Kier molecular flexibility index (Phi) is 11.7. The second-order valence-electron chi connectivity index (χ2n) is 18.5. The molecule has 0 aliphatic carbocycles. The summed E-state index contributed by atoms with van der Waals surface area (Å²) in [6.07, 6.45) is 9.15. The Bertz CT molecular complexity index is 2490. The van der Waals surface area contributed by atoms with Crippen LogP contribution in [-0.4, -0.2) is 87.2 Å². The van der Waals surface area contributed by atoms with E-state index in [1.807, 2.05) is 22.2 Å². The van der Waals surface area contributed by atoms with Crippen LogP contribution < -0.4 is 10.6 Å². The number of carbonyl (C=O) groups excluding carboxylic acids is 4. The number of rotatable bonds is 9. The van der Waals surface area contributed by atoms with Gasteiger partial charge in [-0.25, -0.2) is 19.6 Å². The highest BCUT2D eigenvalue weighted by Gasteiger charge is 2.35. The monoisotopic (exact) mass is 868 g/mol. The van der Waals surface area contributed by atoms with Crippen LogP contribution in [0.3, 0.4) is 0 Å². The number of aromatic amines is 2. The number of hydrogen-bond donors (Lipinski definition) is 4. The van der Waals surface area contributed by atoms with Crippen LogP contribution in [-0.2, 0) is 23.6 Å². The van der Waals surface area contributed by atoms with E-state index in [2.05, 4.69) is 69.1 Å². The molecular weight excluding hydrogens is 813 g/mol. The third-order valence-corrected chi connectivity index (χ3v) is 11.3. The molecule has 8 rings (SSSR count). The zero-order valence-electron chi connectivity index (χ0n) is 37.6. The Balaban J connectivity index is 0.891. The number of H-pyrrole nitrogens is 2. The molecule has 2 aromatic carbocycles. The minimum atomic E-state index is -0.638. The summed E-state index contributed by atoms with van der Waals surface area (Å²) in [6.45, 7) is 12.0. The van der Waals surface area contributed by atoms with Gasteiger partial charge in [-0.3, -0.25) is 20.2 Å². The van der Waals surface area contributed by atoms with Crippen LogP contribution in [0, 0.1) is 0 Å². The minimum absolute atomic E-state index is 0.133. The van der Waals surface area contributed by atoms with Gasteiger partial charge in [0.1, 0.15) is 34.2 Å². The standard InChI is InChI=1S/C48H56N10O6/c1-47(2,3)63-45(61)51-33-23-39(55(7)27-33)43(59)57-21-9-11-37(57)41-49-25-35(53-41)31-17-13-29(14-18-31)30-15-19-32(20-16-30)36-26-50-42(54-36)38-12-10-22-58(38)44(60)40-24-34(28-56(40)8)52-46(62)64-48(4,5)6/h13-20,23-28,37-38H,9-12,21-22H2,1-8H3,(H,49,53)(H,50,54)(H,51,61)(H,52,62). The van der Waals surface area contributed by atoms with Gasteiger partial charge >= 0.3 is 12.2 Å². The molecule has 2 aliphatic heterocycles. The Hall–Kier alpha value is -7.10. The smallest absolute Gasteiger partial charge is 0.412 e. The molecule has 4 aromatic heterocycles. The molecule has 2 saturated heterocycles. The van der Waals surface area contributed by atoms with E-state index in [-0.39, 0.29) is 23.9 Å². The van der Waals surface area contributed by atoms with Crippen LogP contribution in [0.2, 0.25) is 0 Å². The number of ether oxygens (including phenoxy) is 2. The Morgan fingerprint density at radius 1 is 0.594 bits per heavy atom. The fraction of sp³-hybridized carbons (Fsp3) is 0.375. The molecule has 0 bridgehead atoms. The summed E-state index contributed by atoms with van der Waals surface area (Å²) < 4.78 is 14.2. The molecule has 16 nitrogen and oxygen atoms in total. The second-order valence-corrected chi connectivity index (χ2v) is 18.5. The molecular formula is C48H56N10O6. The number of aromatic nitrogens is 6. The predicted molar refractivity (Wildman–Crippen MR) is 244 cm³/mol. The first-order valence-electron chi connectivity index (χ1n) is 21.6. The lowest BCUT2D eigenvalue weighted by molar-refractivity contribution is 0.0624. The maximum absolute atomic E-state index is 13.8. The van der Waals surface area contributed by atoms with Gasteiger partial charge in [-0.15, -0.1) is 0 Å². The van der Waals surface area contributed by atoms with Crippen molar-refractivity contribution in [2.45, 2.75) is 90.5 Å². The molecule has 2 unspecified atom stereocenters. The molecule has 6 aromatic rings. The number of imidazole rings is 2. The first-order valence-corrected chi connectivity index (χ1v) is 21.6. The van der Waals surface area contributed by atoms with E-state index in [4.69, 9.17) is 19.4 Å². The van der Waals surface area contributed by atoms with Crippen LogP contribution in [0.1, 0.15) is 112 Å². The average molecular weight is 869 g/mol. The zero-order chi connectivity index (χ0) is 45.5. The summed E-state index contributed by atoms with van der Waals surface area (Å²) in [6, 6.07) is 19.5. The van der Waals surface area contributed by atoms with Gasteiger partial charge in [0, 0.05) is 39.6 Å².